The molecular formula is C14H16BrN3O. The van der Waals surface area contributed by atoms with Gasteiger partial charge in [-0.3, -0.25) is 0 Å². The van der Waals surface area contributed by atoms with Gasteiger partial charge in [-0.25, -0.2) is 9.97 Å². The zero-order valence-corrected chi connectivity index (χ0v) is 12.7. The standard InChI is InChI=1S/C14H16BrN3O/c1-8(16)11-7-17-14(18-9(11)2)10-4-5-13(19-3)12(15)6-10/h4-8H,16H2,1-3H3/t8-/m0/s1. The van der Waals surface area contributed by atoms with Crippen LogP contribution in [0.15, 0.2) is 28.9 Å². The van der Waals surface area contributed by atoms with Gasteiger partial charge in [0.15, 0.2) is 5.82 Å². The number of benzene rings is 1. The van der Waals surface area contributed by atoms with E-state index in [-0.39, 0.29) is 6.04 Å². The summed E-state index contributed by atoms with van der Waals surface area (Å²) >= 11 is 3.46. The van der Waals surface area contributed by atoms with Crippen molar-refractivity contribution in [2.75, 3.05) is 7.11 Å². The Labute approximate surface area is 121 Å². The summed E-state index contributed by atoms with van der Waals surface area (Å²) in [5.41, 5.74) is 8.68. The van der Waals surface area contributed by atoms with Gasteiger partial charge in [0.1, 0.15) is 5.75 Å². The average molecular weight is 322 g/mol. The van der Waals surface area contributed by atoms with Crippen LogP contribution in [0.1, 0.15) is 24.2 Å². The molecule has 2 N–H and O–H groups in total. The summed E-state index contributed by atoms with van der Waals surface area (Å²) in [5, 5.41) is 0. The third-order valence-corrected chi connectivity index (χ3v) is 3.54. The van der Waals surface area contributed by atoms with Crippen molar-refractivity contribution >= 4 is 15.9 Å². The first kappa shape index (κ1) is 14.0. The molecule has 5 heteroatoms. The third kappa shape index (κ3) is 2.93. The van der Waals surface area contributed by atoms with Gasteiger partial charge in [0.2, 0.25) is 0 Å². The summed E-state index contributed by atoms with van der Waals surface area (Å²) in [4.78, 5) is 8.88. The molecule has 0 spiro atoms. The number of rotatable bonds is 3. The fraction of sp³-hybridized carbons (Fsp3) is 0.286. The number of nitrogens with two attached hydrogens (primary N) is 1. The smallest absolute Gasteiger partial charge is 0.159 e. The second-order valence-electron chi connectivity index (χ2n) is 4.37. The number of ether oxygens (including phenoxy) is 1. The molecule has 0 unspecified atom stereocenters. The number of nitrogens with zero attached hydrogens (tertiary/aromatic N) is 2. The number of halogens is 1. The number of aromatic nitrogens is 2. The van der Waals surface area contributed by atoms with Gasteiger partial charge in [-0.1, -0.05) is 0 Å². The summed E-state index contributed by atoms with van der Waals surface area (Å²) in [5.74, 6) is 1.47. The zero-order valence-electron chi connectivity index (χ0n) is 11.1. The lowest BCUT2D eigenvalue weighted by atomic mass is 10.1. The van der Waals surface area contributed by atoms with Gasteiger partial charge >= 0.3 is 0 Å². The minimum atomic E-state index is -0.0587. The normalized spacial score (nSPS) is 12.3. The van der Waals surface area contributed by atoms with Crippen LogP contribution < -0.4 is 10.5 Å². The van der Waals surface area contributed by atoms with Crippen molar-refractivity contribution in [2.24, 2.45) is 5.73 Å². The van der Waals surface area contributed by atoms with E-state index in [1.165, 1.54) is 0 Å². The fourth-order valence-corrected chi connectivity index (χ4v) is 2.41. The summed E-state index contributed by atoms with van der Waals surface area (Å²) in [6.45, 7) is 3.87. The molecule has 0 aliphatic heterocycles. The fourth-order valence-electron chi connectivity index (χ4n) is 1.87. The molecular weight excluding hydrogens is 306 g/mol. The van der Waals surface area contributed by atoms with Gasteiger partial charge < -0.3 is 10.5 Å². The number of methoxy groups -OCH3 is 1. The Hall–Kier alpha value is -1.46. The quantitative estimate of drug-likeness (QED) is 0.942. The Kier molecular flexibility index (Phi) is 4.17. The van der Waals surface area contributed by atoms with Crippen LogP contribution in [-0.2, 0) is 0 Å². The molecule has 0 bridgehead atoms. The van der Waals surface area contributed by atoms with E-state index < -0.39 is 0 Å². The summed E-state index contributed by atoms with van der Waals surface area (Å²) < 4.78 is 6.09. The largest absolute Gasteiger partial charge is 0.496 e. The predicted molar refractivity (Wildman–Crippen MR) is 79.1 cm³/mol. The van der Waals surface area contributed by atoms with Crippen molar-refractivity contribution < 1.29 is 4.74 Å². The Balaban J connectivity index is 2.42. The summed E-state index contributed by atoms with van der Waals surface area (Å²) in [6, 6.07) is 5.71. The third-order valence-electron chi connectivity index (χ3n) is 2.92. The molecule has 0 saturated heterocycles. The molecule has 2 rings (SSSR count). The van der Waals surface area contributed by atoms with Crippen molar-refractivity contribution in [2.45, 2.75) is 19.9 Å². The first-order valence-electron chi connectivity index (χ1n) is 5.96. The minimum absolute atomic E-state index is 0.0587. The van der Waals surface area contributed by atoms with Gasteiger partial charge in [0.25, 0.3) is 0 Å². The van der Waals surface area contributed by atoms with Gasteiger partial charge in [0.05, 0.1) is 11.6 Å². The number of aryl methyl sites for hydroxylation is 1. The van der Waals surface area contributed by atoms with Crippen LogP contribution in [0.25, 0.3) is 11.4 Å². The summed E-state index contributed by atoms with van der Waals surface area (Å²) in [7, 11) is 1.64. The van der Waals surface area contributed by atoms with Gasteiger partial charge in [-0.2, -0.15) is 0 Å². The van der Waals surface area contributed by atoms with Crippen LogP contribution in [-0.4, -0.2) is 17.1 Å². The highest BCUT2D eigenvalue weighted by atomic mass is 79.9. The van der Waals surface area contributed by atoms with E-state index >= 15 is 0 Å². The highest BCUT2D eigenvalue weighted by molar-refractivity contribution is 9.10. The van der Waals surface area contributed by atoms with Crippen LogP contribution in [0.2, 0.25) is 0 Å². The number of hydrogen-bond acceptors (Lipinski definition) is 4. The monoisotopic (exact) mass is 321 g/mol. The molecule has 2 aromatic rings. The maximum atomic E-state index is 5.86. The molecule has 0 radical (unpaired) electrons. The van der Waals surface area contributed by atoms with E-state index in [9.17, 15) is 0 Å². The zero-order chi connectivity index (χ0) is 14.0. The van der Waals surface area contributed by atoms with Crippen molar-refractivity contribution in [1.82, 2.24) is 9.97 Å². The van der Waals surface area contributed by atoms with Gasteiger partial charge in [0, 0.05) is 29.1 Å². The van der Waals surface area contributed by atoms with Crippen LogP contribution in [0.5, 0.6) is 5.75 Å². The van der Waals surface area contributed by atoms with Crippen LogP contribution >= 0.6 is 15.9 Å². The van der Waals surface area contributed by atoms with E-state index in [1.54, 1.807) is 13.3 Å². The molecule has 1 atom stereocenters. The lowest BCUT2D eigenvalue weighted by Crippen LogP contribution is -2.09. The SMILES string of the molecule is COc1ccc(-c2ncc([C@H](C)N)c(C)n2)cc1Br. The highest BCUT2D eigenvalue weighted by Gasteiger charge is 2.10. The Morgan fingerprint density at radius 1 is 1.37 bits per heavy atom. The minimum Gasteiger partial charge on any atom is -0.496 e. The van der Waals surface area contributed by atoms with Crippen molar-refractivity contribution in [1.29, 1.82) is 0 Å². The predicted octanol–water partition coefficient (Wildman–Crippen LogP) is 3.24. The Morgan fingerprint density at radius 3 is 2.63 bits per heavy atom. The van der Waals surface area contributed by atoms with E-state index in [2.05, 4.69) is 25.9 Å². The average Bonchev–Trinajstić information content (AvgIpc) is 2.38. The second-order valence-corrected chi connectivity index (χ2v) is 5.23. The Morgan fingerprint density at radius 2 is 2.11 bits per heavy atom. The summed E-state index contributed by atoms with van der Waals surface area (Å²) in [6.07, 6.45) is 1.79. The van der Waals surface area contributed by atoms with Crippen molar-refractivity contribution in [3.8, 4) is 17.1 Å². The van der Waals surface area contributed by atoms with Crippen molar-refractivity contribution in [3.05, 3.63) is 40.1 Å². The molecule has 0 aliphatic rings. The lowest BCUT2D eigenvalue weighted by molar-refractivity contribution is 0.412. The molecule has 0 amide bonds. The highest BCUT2D eigenvalue weighted by Crippen LogP contribution is 2.29. The number of hydrogen-bond donors (Lipinski definition) is 1. The maximum absolute atomic E-state index is 5.86. The van der Waals surface area contributed by atoms with E-state index in [4.69, 9.17) is 10.5 Å². The van der Waals surface area contributed by atoms with E-state index in [1.807, 2.05) is 32.0 Å². The maximum Gasteiger partial charge on any atom is 0.159 e. The van der Waals surface area contributed by atoms with Crippen molar-refractivity contribution in [3.63, 3.8) is 0 Å². The second kappa shape index (κ2) is 5.67. The van der Waals surface area contributed by atoms with Crippen LogP contribution in [0.3, 0.4) is 0 Å². The molecule has 1 aromatic heterocycles. The van der Waals surface area contributed by atoms with Gasteiger partial charge in [-0.05, 0) is 48.0 Å². The molecule has 0 saturated carbocycles. The van der Waals surface area contributed by atoms with Crippen LogP contribution in [0, 0.1) is 6.92 Å². The molecule has 0 fully saturated rings. The Bertz CT molecular complexity index is 599. The molecule has 0 aliphatic carbocycles. The first-order valence-corrected chi connectivity index (χ1v) is 6.75. The first-order chi connectivity index (χ1) is 9.02. The molecule has 4 nitrogen and oxygen atoms in total. The topological polar surface area (TPSA) is 61.0 Å². The molecule has 19 heavy (non-hydrogen) atoms. The molecule has 100 valence electrons. The lowest BCUT2D eigenvalue weighted by Gasteiger charge is -2.10. The van der Waals surface area contributed by atoms with Crippen LogP contribution in [0.4, 0.5) is 0 Å². The molecule has 1 heterocycles. The van der Waals surface area contributed by atoms with E-state index in [0.29, 0.717) is 5.82 Å². The van der Waals surface area contributed by atoms with E-state index in [0.717, 1.165) is 27.0 Å². The van der Waals surface area contributed by atoms with Gasteiger partial charge in [-0.15, -0.1) is 0 Å². The molecule has 1 aromatic carbocycles.